The summed E-state index contributed by atoms with van der Waals surface area (Å²) in [6.45, 7) is 4.59. The first-order valence-corrected chi connectivity index (χ1v) is 11.6. The van der Waals surface area contributed by atoms with Crippen molar-refractivity contribution in [2.75, 3.05) is 18.5 Å². The Morgan fingerprint density at radius 1 is 1.06 bits per heavy atom. The largest absolute Gasteiger partial charge is 0.478 e. The molecular formula is C27H27N5O3. The van der Waals surface area contributed by atoms with Crippen molar-refractivity contribution in [3.63, 3.8) is 0 Å². The highest BCUT2D eigenvalue weighted by molar-refractivity contribution is 5.92. The molecule has 5 rings (SSSR count). The normalized spacial score (nSPS) is 15.1. The number of ether oxygens (including phenoxy) is 2. The molecule has 2 aromatic carbocycles. The van der Waals surface area contributed by atoms with E-state index in [9.17, 15) is 0 Å². The van der Waals surface area contributed by atoms with Crippen molar-refractivity contribution in [1.29, 1.82) is 0 Å². The predicted octanol–water partition coefficient (Wildman–Crippen LogP) is 4.90. The molecule has 1 atom stereocenters. The van der Waals surface area contributed by atoms with E-state index < -0.39 is 0 Å². The summed E-state index contributed by atoms with van der Waals surface area (Å²) in [7, 11) is 0. The number of anilines is 2. The van der Waals surface area contributed by atoms with Crippen LogP contribution in [0.5, 0.6) is 11.5 Å². The van der Waals surface area contributed by atoms with Gasteiger partial charge >= 0.3 is 0 Å². The lowest BCUT2D eigenvalue weighted by Gasteiger charge is -2.13. The molecule has 0 saturated carbocycles. The van der Waals surface area contributed by atoms with Crippen LogP contribution in [0, 0.1) is 13.8 Å². The molecular weight excluding hydrogens is 442 g/mol. The number of hydrogen-bond donors (Lipinski definition) is 2. The number of aryl methyl sites for hydroxylation is 2. The Morgan fingerprint density at radius 2 is 1.97 bits per heavy atom. The van der Waals surface area contributed by atoms with Gasteiger partial charge in [0.1, 0.15) is 30.3 Å². The minimum Gasteiger partial charge on any atom is -0.478 e. The van der Waals surface area contributed by atoms with Crippen molar-refractivity contribution in [3.05, 3.63) is 77.9 Å². The summed E-state index contributed by atoms with van der Waals surface area (Å²) >= 11 is 0. The molecule has 8 nitrogen and oxygen atoms in total. The highest BCUT2D eigenvalue weighted by atomic mass is 16.5. The van der Waals surface area contributed by atoms with Crippen molar-refractivity contribution in [1.82, 2.24) is 15.0 Å². The fourth-order valence-electron chi connectivity index (χ4n) is 3.97. The van der Waals surface area contributed by atoms with Crippen LogP contribution in [0.1, 0.15) is 23.2 Å². The summed E-state index contributed by atoms with van der Waals surface area (Å²) in [5.74, 6) is 2.89. The maximum atomic E-state index is 9.13. The Balaban J connectivity index is 1.35. The van der Waals surface area contributed by atoms with Crippen molar-refractivity contribution in [3.8, 4) is 11.5 Å². The number of benzene rings is 2. The first kappa shape index (κ1) is 22.7. The molecule has 2 aromatic heterocycles. The van der Waals surface area contributed by atoms with Gasteiger partial charge in [-0.1, -0.05) is 6.07 Å². The fraction of sp³-hybridized carbons (Fsp3) is 0.259. The van der Waals surface area contributed by atoms with Gasteiger partial charge in [0.25, 0.3) is 0 Å². The molecule has 0 bridgehead atoms. The second-order valence-corrected chi connectivity index (χ2v) is 8.59. The van der Waals surface area contributed by atoms with Crippen LogP contribution < -0.4 is 10.1 Å². The number of aromatic nitrogens is 3. The number of nitrogens with one attached hydrogen (secondary N) is 1. The number of aliphatic hydroxyl groups excluding tert-OH is 1. The van der Waals surface area contributed by atoms with Gasteiger partial charge in [0.2, 0.25) is 0 Å². The first-order chi connectivity index (χ1) is 17.1. The van der Waals surface area contributed by atoms with Crippen LogP contribution in [-0.2, 0) is 11.2 Å². The van der Waals surface area contributed by atoms with Gasteiger partial charge in [-0.15, -0.1) is 0 Å². The Labute approximate surface area is 203 Å². The molecule has 2 N–H and O–H groups in total. The highest BCUT2D eigenvalue weighted by Gasteiger charge is 2.18. The van der Waals surface area contributed by atoms with Crippen molar-refractivity contribution in [2.45, 2.75) is 32.7 Å². The molecule has 1 unspecified atom stereocenters. The maximum absolute atomic E-state index is 9.13. The molecule has 0 radical (unpaired) electrons. The summed E-state index contributed by atoms with van der Waals surface area (Å²) in [6.07, 6.45) is 4.49. The van der Waals surface area contributed by atoms with E-state index in [1.165, 1.54) is 0 Å². The number of fused-ring (bicyclic) bond motifs is 1. The summed E-state index contributed by atoms with van der Waals surface area (Å²) in [5, 5.41) is 13.5. The van der Waals surface area contributed by atoms with E-state index in [1.807, 2.05) is 56.3 Å². The Bertz CT molecular complexity index is 1370. The predicted molar refractivity (Wildman–Crippen MR) is 136 cm³/mol. The van der Waals surface area contributed by atoms with E-state index >= 15 is 0 Å². The van der Waals surface area contributed by atoms with Crippen LogP contribution >= 0.6 is 0 Å². The molecule has 178 valence electrons. The summed E-state index contributed by atoms with van der Waals surface area (Å²) < 4.78 is 11.7. The van der Waals surface area contributed by atoms with Crippen LogP contribution in [-0.4, -0.2) is 45.2 Å². The van der Waals surface area contributed by atoms with E-state index in [4.69, 9.17) is 14.6 Å². The molecule has 4 aromatic rings. The zero-order valence-electron chi connectivity index (χ0n) is 19.7. The number of pyridine rings is 1. The fourth-order valence-corrected chi connectivity index (χ4v) is 3.97. The second-order valence-electron chi connectivity index (χ2n) is 8.59. The SMILES string of the molecule is Cc1ccc(Oc2ccc(Nc3ncnc4ccc(CC5=NC(CCO)CO5)cc34)cc2C)cn1. The van der Waals surface area contributed by atoms with E-state index in [0.717, 1.165) is 45.0 Å². The first-order valence-electron chi connectivity index (χ1n) is 11.6. The molecule has 0 spiro atoms. The maximum Gasteiger partial charge on any atom is 0.188 e. The van der Waals surface area contributed by atoms with Crippen LogP contribution in [0.2, 0.25) is 0 Å². The van der Waals surface area contributed by atoms with Gasteiger partial charge in [0.15, 0.2) is 5.90 Å². The minimum absolute atomic E-state index is 0.0356. The highest BCUT2D eigenvalue weighted by Crippen LogP contribution is 2.30. The number of nitrogens with zero attached hydrogens (tertiary/aromatic N) is 4. The van der Waals surface area contributed by atoms with Gasteiger partial charge in [0.05, 0.1) is 17.8 Å². The molecule has 8 heteroatoms. The number of hydrogen-bond acceptors (Lipinski definition) is 8. The third-order valence-corrected chi connectivity index (χ3v) is 5.84. The van der Waals surface area contributed by atoms with Crippen LogP contribution in [0.3, 0.4) is 0 Å². The molecule has 0 amide bonds. The van der Waals surface area contributed by atoms with Crippen LogP contribution in [0.4, 0.5) is 11.5 Å². The van der Waals surface area contributed by atoms with Crippen LogP contribution in [0.25, 0.3) is 10.9 Å². The minimum atomic E-state index is 0.0356. The average molecular weight is 470 g/mol. The molecule has 0 aliphatic carbocycles. The van der Waals surface area contributed by atoms with E-state index in [0.29, 0.717) is 31.1 Å². The second kappa shape index (κ2) is 10.1. The Morgan fingerprint density at radius 3 is 2.77 bits per heavy atom. The van der Waals surface area contributed by atoms with Crippen molar-refractivity contribution in [2.24, 2.45) is 4.99 Å². The van der Waals surface area contributed by atoms with Gasteiger partial charge in [-0.05, 0) is 73.9 Å². The smallest absolute Gasteiger partial charge is 0.188 e. The summed E-state index contributed by atoms with van der Waals surface area (Å²) in [4.78, 5) is 17.7. The van der Waals surface area contributed by atoms with Gasteiger partial charge in [-0.25, -0.2) is 15.0 Å². The summed E-state index contributed by atoms with van der Waals surface area (Å²) in [5.41, 5.74) is 4.75. The Hall–Kier alpha value is -4.04. The topological polar surface area (TPSA) is 102 Å². The zero-order chi connectivity index (χ0) is 24.2. The molecule has 1 aliphatic heterocycles. The number of rotatable bonds is 8. The van der Waals surface area contributed by atoms with Gasteiger partial charge < -0.3 is 19.9 Å². The number of aliphatic imine (C=N–C) groups is 1. The van der Waals surface area contributed by atoms with Gasteiger partial charge in [0, 0.05) is 29.8 Å². The van der Waals surface area contributed by atoms with E-state index in [-0.39, 0.29) is 12.6 Å². The monoisotopic (exact) mass is 469 g/mol. The Kier molecular flexibility index (Phi) is 6.54. The molecule has 0 fully saturated rings. The molecule has 3 heterocycles. The molecule has 1 aliphatic rings. The standard InChI is InChI=1S/C27H27N5O3/c1-17-11-20(5-8-25(17)35-22-6-3-18(2)28-14-22)32-27-23-12-19(4-7-24(23)29-16-30-27)13-26-31-21(9-10-33)15-34-26/h3-8,11-12,14,16,21,33H,9-10,13,15H2,1-2H3,(H,29,30,32). The van der Waals surface area contributed by atoms with E-state index in [2.05, 4.69) is 31.3 Å². The number of aliphatic hydroxyl groups is 1. The van der Waals surface area contributed by atoms with Crippen molar-refractivity contribution < 1.29 is 14.6 Å². The lowest BCUT2D eigenvalue weighted by atomic mass is 10.1. The third kappa shape index (κ3) is 5.38. The molecule has 35 heavy (non-hydrogen) atoms. The van der Waals surface area contributed by atoms with Gasteiger partial charge in [-0.2, -0.15) is 0 Å². The lowest BCUT2D eigenvalue weighted by Crippen LogP contribution is -2.08. The average Bonchev–Trinajstić information content (AvgIpc) is 3.29. The quantitative estimate of drug-likeness (QED) is 0.378. The third-order valence-electron chi connectivity index (χ3n) is 5.84. The zero-order valence-corrected chi connectivity index (χ0v) is 19.7. The van der Waals surface area contributed by atoms with E-state index in [1.54, 1.807) is 12.5 Å². The van der Waals surface area contributed by atoms with Crippen molar-refractivity contribution >= 4 is 28.3 Å². The molecule has 0 saturated heterocycles. The van der Waals surface area contributed by atoms with Gasteiger partial charge in [-0.3, -0.25) is 4.98 Å². The lowest BCUT2D eigenvalue weighted by molar-refractivity contribution is 0.249. The van der Waals surface area contributed by atoms with Crippen LogP contribution in [0.15, 0.2) is 66.0 Å². The summed E-state index contributed by atoms with van der Waals surface area (Å²) in [6, 6.07) is 15.9.